The molecular weight excluding hydrogens is 382 g/mol. The average Bonchev–Trinajstić information content (AvgIpc) is 2.66. The van der Waals surface area contributed by atoms with Gasteiger partial charge in [0.15, 0.2) is 0 Å². The lowest BCUT2D eigenvalue weighted by molar-refractivity contribution is -0.137. The van der Waals surface area contributed by atoms with Crippen LogP contribution in [0.3, 0.4) is 0 Å². The van der Waals surface area contributed by atoms with Crippen LogP contribution < -0.4 is 0 Å². The maximum absolute atomic E-state index is 13.4. The van der Waals surface area contributed by atoms with Crippen LogP contribution in [-0.2, 0) is 12.4 Å². The smallest absolute Gasteiger partial charge is 0.244 e. The molecule has 2 nitrogen and oxygen atoms in total. The number of alkyl halides is 6. The van der Waals surface area contributed by atoms with Gasteiger partial charge in [-0.2, -0.15) is 31.6 Å². The molecule has 8 heteroatoms. The topological polar surface area (TPSA) is 36.7 Å². The summed E-state index contributed by atoms with van der Waals surface area (Å²) in [6, 6.07) is 12.0. The fraction of sp³-hybridized carbons (Fsp3) is 0.100. The molecule has 142 valence electrons. The van der Waals surface area contributed by atoms with Gasteiger partial charge in [0, 0.05) is 17.3 Å². The van der Waals surface area contributed by atoms with Gasteiger partial charge in [0.1, 0.15) is 11.8 Å². The molecule has 0 spiro atoms. The van der Waals surface area contributed by atoms with E-state index in [1.807, 2.05) is 0 Å². The second-order valence-electron chi connectivity index (χ2n) is 5.82. The molecule has 3 rings (SSSR count). The monoisotopic (exact) mass is 392 g/mol. The molecule has 3 aromatic rings. The number of pyridine rings is 1. The van der Waals surface area contributed by atoms with Gasteiger partial charge in [0.25, 0.3) is 0 Å². The Morgan fingerprint density at radius 2 is 1.21 bits per heavy atom. The fourth-order valence-electron chi connectivity index (χ4n) is 2.85. The van der Waals surface area contributed by atoms with E-state index >= 15 is 0 Å². The Morgan fingerprint density at radius 1 is 0.714 bits per heavy atom. The van der Waals surface area contributed by atoms with Gasteiger partial charge in [-0.3, -0.25) is 0 Å². The number of halogens is 6. The zero-order valence-corrected chi connectivity index (χ0v) is 13.9. The Morgan fingerprint density at radius 3 is 1.75 bits per heavy atom. The second kappa shape index (κ2) is 7.00. The molecule has 0 fully saturated rings. The lowest BCUT2D eigenvalue weighted by Gasteiger charge is -2.16. The fourth-order valence-corrected chi connectivity index (χ4v) is 2.85. The summed E-state index contributed by atoms with van der Waals surface area (Å²) in [5.74, 6) is 0. The first kappa shape index (κ1) is 19.4. The SMILES string of the molecule is N#Cc1ncc(-c2ccccc2C(F)(F)F)cc1-c1ccccc1C(F)(F)F. The molecule has 0 bridgehead atoms. The van der Waals surface area contributed by atoms with Gasteiger partial charge in [0.2, 0.25) is 0 Å². The van der Waals surface area contributed by atoms with Crippen molar-refractivity contribution in [2.75, 3.05) is 0 Å². The van der Waals surface area contributed by atoms with E-state index in [4.69, 9.17) is 0 Å². The Bertz CT molecular complexity index is 1060. The quantitative estimate of drug-likeness (QED) is 0.478. The predicted molar refractivity (Wildman–Crippen MR) is 89.8 cm³/mol. The van der Waals surface area contributed by atoms with E-state index in [1.54, 1.807) is 6.07 Å². The van der Waals surface area contributed by atoms with Crippen molar-refractivity contribution in [1.82, 2.24) is 4.98 Å². The van der Waals surface area contributed by atoms with Crippen molar-refractivity contribution in [3.05, 3.63) is 77.6 Å². The molecule has 1 heterocycles. The van der Waals surface area contributed by atoms with Gasteiger partial charge in [-0.1, -0.05) is 36.4 Å². The van der Waals surface area contributed by atoms with Gasteiger partial charge >= 0.3 is 12.4 Å². The van der Waals surface area contributed by atoms with Crippen LogP contribution in [0.25, 0.3) is 22.3 Å². The molecule has 0 saturated heterocycles. The van der Waals surface area contributed by atoms with E-state index in [0.717, 1.165) is 30.5 Å². The molecule has 0 N–H and O–H groups in total. The number of benzene rings is 2. The van der Waals surface area contributed by atoms with Gasteiger partial charge in [-0.05, 0) is 29.3 Å². The highest BCUT2D eigenvalue weighted by Gasteiger charge is 2.35. The number of nitrogens with zero attached hydrogens (tertiary/aromatic N) is 2. The summed E-state index contributed by atoms with van der Waals surface area (Å²) in [6.07, 6.45) is -8.32. The third-order valence-corrected chi connectivity index (χ3v) is 4.06. The minimum Gasteiger partial charge on any atom is -0.244 e. The lowest BCUT2D eigenvalue weighted by Crippen LogP contribution is -2.08. The van der Waals surface area contributed by atoms with Crippen LogP contribution in [0.5, 0.6) is 0 Å². The van der Waals surface area contributed by atoms with Crippen molar-refractivity contribution >= 4 is 0 Å². The molecule has 0 amide bonds. The van der Waals surface area contributed by atoms with Crippen molar-refractivity contribution in [3.8, 4) is 28.3 Å². The molecule has 0 unspecified atom stereocenters. The molecule has 28 heavy (non-hydrogen) atoms. The van der Waals surface area contributed by atoms with E-state index in [0.29, 0.717) is 0 Å². The number of hydrogen-bond donors (Lipinski definition) is 0. The zero-order valence-electron chi connectivity index (χ0n) is 13.9. The normalized spacial score (nSPS) is 11.9. The molecule has 0 atom stereocenters. The summed E-state index contributed by atoms with van der Waals surface area (Å²) in [5, 5.41) is 9.25. The number of hydrogen-bond acceptors (Lipinski definition) is 2. The Hall–Kier alpha value is -3.34. The Balaban J connectivity index is 2.28. The van der Waals surface area contributed by atoms with Gasteiger partial charge < -0.3 is 0 Å². The van der Waals surface area contributed by atoms with E-state index in [2.05, 4.69) is 4.98 Å². The zero-order chi connectivity index (χ0) is 20.5. The summed E-state index contributed by atoms with van der Waals surface area (Å²) in [6.45, 7) is 0. The molecule has 0 aliphatic carbocycles. The van der Waals surface area contributed by atoms with Gasteiger partial charge in [-0.15, -0.1) is 0 Å². The molecule has 0 aliphatic heterocycles. The number of rotatable bonds is 2. The third kappa shape index (κ3) is 3.69. The van der Waals surface area contributed by atoms with E-state index in [9.17, 15) is 31.6 Å². The minimum absolute atomic E-state index is 0.0427. The van der Waals surface area contributed by atoms with Crippen LogP contribution in [0.15, 0.2) is 60.8 Å². The summed E-state index contributed by atoms with van der Waals surface area (Å²) < 4.78 is 80.0. The van der Waals surface area contributed by atoms with Crippen LogP contribution in [0, 0.1) is 11.3 Å². The van der Waals surface area contributed by atoms with Crippen LogP contribution in [0.2, 0.25) is 0 Å². The Labute approximate surface area is 155 Å². The van der Waals surface area contributed by atoms with Crippen molar-refractivity contribution in [2.24, 2.45) is 0 Å². The summed E-state index contributed by atoms with van der Waals surface area (Å²) in [4.78, 5) is 3.80. The van der Waals surface area contributed by atoms with Crippen LogP contribution >= 0.6 is 0 Å². The lowest BCUT2D eigenvalue weighted by atomic mass is 9.94. The first-order chi connectivity index (χ1) is 13.1. The predicted octanol–water partition coefficient (Wildman–Crippen LogP) is 6.32. The van der Waals surface area contributed by atoms with E-state index < -0.39 is 23.5 Å². The standard InChI is InChI=1S/C20H10F6N2/c21-19(22,23)16-7-3-1-5-13(16)12-9-15(18(10-27)28-11-12)14-6-2-4-8-17(14)20(24,25)26/h1-9,11H. The highest BCUT2D eigenvalue weighted by Crippen LogP contribution is 2.41. The largest absolute Gasteiger partial charge is 0.417 e. The molecule has 2 aromatic carbocycles. The Kier molecular flexibility index (Phi) is 4.86. The maximum Gasteiger partial charge on any atom is 0.417 e. The van der Waals surface area contributed by atoms with E-state index in [-0.39, 0.29) is 27.9 Å². The molecular formula is C20H10F6N2. The van der Waals surface area contributed by atoms with Crippen LogP contribution in [0.1, 0.15) is 16.8 Å². The number of nitriles is 1. The number of aromatic nitrogens is 1. The molecule has 0 aliphatic rings. The van der Waals surface area contributed by atoms with Crippen molar-refractivity contribution in [3.63, 3.8) is 0 Å². The van der Waals surface area contributed by atoms with Crippen molar-refractivity contribution in [1.29, 1.82) is 5.26 Å². The van der Waals surface area contributed by atoms with Crippen LogP contribution in [0.4, 0.5) is 26.3 Å². The van der Waals surface area contributed by atoms with Crippen molar-refractivity contribution in [2.45, 2.75) is 12.4 Å². The first-order valence-corrected chi connectivity index (χ1v) is 7.86. The third-order valence-electron chi connectivity index (χ3n) is 4.06. The molecule has 1 aromatic heterocycles. The highest BCUT2D eigenvalue weighted by molar-refractivity contribution is 5.79. The first-order valence-electron chi connectivity index (χ1n) is 7.86. The average molecular weight is 392 g/mol. The second-order valence-corrected chi connectivity index (χ2v) is 5.82. The van der Waals surface area contributed by atoms with Crippen molar-refractivity contribution < 1.29 is 26.3 Å². The minimum atomic E-state index is -4.71. The summed E-state index contributed by atoms with van der Waals surface area (Å²) in [7, 11) is 0. The maximum atomic E-state index is 13.4. The van der Waals surface area contributed by atoms with E-state index in [1.165, 1.54) is 30.3 Å². The van der Waals surface area contributed by atoms with Gasteiger partial charge in [0.05, 0.1) is 11.1 Å². The van der Waals surface area contributed by atoms with Crippen LogP contribution in [-0.4, -0.2) is 4.98 Å². The van der Waals surface area contributed by atoms with Gasteiger partial charge in [-0.25, -0.2) is 4.98 Å². The summed E-state index contributed by atoms with van der Waals surface area (Å²) >= 11 is 0. The molecule has 0 saturated carbocycles. The summed E-state index contributed by atoms with van der Waals surface area (Å²) in [5.41, 5.74) is -3.07. The highest BCUT2D eigenvalue weighted by atomic mass is 19.4. The molecule has 0 radical (unpaired) electrons.